The first-order valence-corrected chi connectivity index (χ1v) is 8.29. The normalized spacial score (nSPS) is 10.6. The van der Waals surface area contributed by atoms with Crippen molar-refractivity contribution in [2.75, 3.05) is 5.32 Å². The molecule has 0 fully saturated rings. The minimum Gasteiger partial charge on any atom is -0.377 e. The van der Waals surface area contributed by atoms with Crippen LogP contribution in [0.15, 0.2) is 37.8 Å². The average Bonchev–Trinajstić information content (AvgIpc) is 2.30. The first-order valence-electron chi connectivity index (χ1n) is 5.15. The fraction of sp³-hybridized carbons (Fsp3) is 0.0833. The zero-order valence-electron chi connectivity index (χ0n) is 9.35. The van der Waals surface area contributed by atoms with E-state index in [4.69, 9.17) is 23.2 Å². The SMILES string of the molecule is Clc1cc(Br)cc(Cl)c1NCc1ncc(Br)cc1Br. The Morgan fingerprint density at radius 3 is 2.21 bits per heavy atom. The smallest absolute Gasteiger partial charge is 0.0737 e. The number of aromatic nitrogens is 1. The van der Waals surface area contributed by atoms with Crippen LogP contribution in [0.2, 0.25) is 10.0 Å². The van der Waals surface area contributed by atoms with Crippen LogP contribution in [0.5, 0.6) is 0 Å². The average molecular weight is 490 g/mol. The van der Waals surface area contributed by atoms with Crippen LogP contribution in [0.25, 0.3) is 0 Å². The Balaban J connectivity index is 2.19. The molecule has 19 heavy (non-hydrogen) atoms. The van der Waals surface area contributed by atoms with Gasteiger partial charge in [0, 0.05) is 19.6 Å². The molecule has 0 amide bonds. The van der Waals surface area contributed by atoms with Crippen LogP contribution in [0, 0.1) is 0 Å². The molecule has 2 nitrogen and oxygen atoms in total. The van der Waals surface area contributed by atoms with Gasteiger partial charge in [-0.2, -0.15) is 0 Å². The van der Waals surface area contributed by atoms with Gasteiger partial charge in [0.1, 0.15) is 0 Å². The lowest BCUT2D eigenvalue weighted by Crippen LogP contribution is -2.03. The highest BCUT2D eigenvalue weighted by Crippen LogP contribution is 2.34. The second-order valence-corrected chi connectivity index (χ2v) is 7.18. The molecule has 0 atom stereocenters. The summed E-state index contributed by atoms with van der Waals surface area (Å²) in [5.41, 5.74) is 1.57. The molecule has 0 bridgehead atoms. The Kier molecular flexibility index (Phi) is 5.55. The van der Waals surface area contributed by atoms with Crippen LogP contribution in [-0.2, 0) is 6.54 Å². The first kappa shape index (κ1) is 15.6. The van der Waals surface area contributed by atoms with E-state index in [0.29, 0.717) is 22.3 Å². The summed E-state index contributed by atoms with van der Waals surface area (Å²) in [6.07, 6.45) is 1.74. The number of pyridine rings is 1. The van der Waals surface area contributed by atoms with Gasteiger partial charge in [-0.05, 0) is 50.1 Å². The van der Waals surface area contributed by atoms with Gasteiger partial charge in [-0.1, -0.05) is 39.1 Å². The van der Waals surface area contributed by atoms with Crippen molar-refractivity contribution in [3.05, 3.63) is 53.6 Å². The minimum absolute atomic E-state index is 0.523. The van der Waals surface area contributed by atoms with Crippen molar-refractivity contribution >= 4 is 76.7 Å². The molecule has 1 N–H and O–H groups in total. The minimum atomic E-state index is 0.523. The Bertz CT molecular complexity index is 597. The van der Waals surface area contributed by atoms with Crippen LogP contribution in [0.3, 0.4) is 0 Å². The van der Waals surface area contributed by atoms with Gasteiger partial charge in [-0.25, -0.2) is 0 Å². The Labute approximate surface area is 146 Å². The summed E-state index contributed by atoms with van der Waals surface area (Å²) in [4.78, 5) is 4.32. The van der Waals surface area contributed by atoms with E-state index in [2.05, 4.69) is 58.1 Å². The van der Waals surface area contributed by atoms with Gasteiger partial charge in [0.2, 0.25) is 0 Å². The molecule has 0 aliphatic heterocycles. The van der Waals surface area contributed by atoms with E-state index in [1.807, 2.05) is 6.07 Å². The van der Waals surface area contributed by atoms with Gasteiger partial charge in [-0.3, -0.25) is 4.98 Å². The lowest BCUT2D eigenvalue weighted by Gasteiger charge is -2.11. The number of nitrogens with zero attached hydrogens (tertiary/aromatic N) is 1. The van der Waals surface area contributed by atoms with Gasteiger partial charge in [0.05, 0.1) is 28.0 Å². The number of hydrogen-bond acceptors (Lipinski definition) is 2. The lowest BCUT2D eigenvalue weighted by molar-refractivity contribution is 1.03. The number of anilines is 1. The summed E-state index contributed by atoms with van der Waals surface area (Å²) >= 11 is 22.5. The highest BCUT2D eigenvalue weighted by atomic mass is 79.9. The van der Waals surface area contributed by atoms with Crippen molar-refractivity contribution < 1.29 is 0 Å². The Morgan fingerprint density at radius 2 is 1.63 bits per heavy atom. The van der Waals surface area contributed by atoms with Crippen molar-refractivity contribution in [1.29, 1.82) is 0 Å². The van der Waals surface area contributed by atoms with Crippen LogP contribution in [-0.4, -0.2) is 4.98 Å². The number of benzene rings is 1. The molecule has 7 heteroatoms. The Morgan fingerprint density at radius 1 is 1.00 bits per heavy atom. The van der Waals surface area contributed by atoms with Crippen LogP contribution in [0.4, 0.5) is 5.69 Å². The molecular weight excluding hydrogens is 483 g/mol. The van der Waals surface area contributed by atoms with Gasteiger partial charge in [0.25, 0.3) is 0 Å². The maximum absolute atomic E-state index is 6.15. The van der Waals surface area contributed by atoms with Crippen molar-refractivity contribution in [3.63, 3.8) is 0 Å². The second kappa shape index (κ2) is 6.76. The molecule has 1 aromatic carbocycles. The summed E-state index contributed by atoms with van der Waals surface area (Å²) in [6.45, 7) is 0.523. The number of hydrogen-bond donors (Lipinski definition) is 1. The third-order valence-electron chi connectivity index (χ3n) is 2.32. The van der Waals surface area contributed by atoms with Crippen molar-refractivity contribution in [1.82, 2.24) is 4.98 Å². The van der Waals surface area contributed by atoms with E-state index >= 15 is 0 Å². The summed E-state index contributed by atoms with van der Waals surface area (Å²) in [5, 5.41) is 4.32. The standard InChI is InChI=1S/C12H7Br3Cl2N2/c13-6-2-9(16)12(10(17)3-6)19-5-11-8(15)1-7(14)4-18-11/h1-4,19H,5H2. The van der Waals surface area contributed by atoms with Crippen molar-refractivity contribution in [2.24, 2.45) is 0 Å². The fourth-order valence-corrected chi connectivity index (χ4v) is 3.93. The Hall–Kier alpha value is 0.190. The predicted molar refractivity (Wildman–Crippen MR) is 91.1 cm³/mol. The highest BCUT2D eigenvalue weighted by molar-refractivity contribution is 9.11. The lowest BCUT2D eigenvalue weighted by atomic mass is 10.3. The molecule has 1 heterocycles. The summed E-state index contributed by atoms with van der Waals surface area (Å²) in [6, 6.07) is 5.52. The van der Waals surface area contributed by atoms with E-state index in [0.717, 1.165) is 19.1 Å². The second-order valence-electron chi connectivity index (χ2n) is 3.68. The molecule has 100 valence electrons. The molecule has 0 spiro atoms. The number of nitrogens with one attached hydrogen (secondary N) is 1. The molecule has 2 rings (SSSR count). The zero-order chi connectivity index (χ0) is 14.0. The molecule has 2 aromatic rings. The quantitative estimate of drug-likeness (QED) is 0.548. The summed E-state index contributed by atoms with van der Waals surface area (Å²) in [5.74, 6) is 0. The van der Waals surface area contributed by atoms with Crippen LogP contribution < -0.4 is 5.32 Å². The van der Waals surface area contributed by atoms with Crippen molar-refractivity contribution in [2.45, 2.75) is 6.54 Å². The maximum atomic E-state index is 6.15. The van der Waals surface area contributed by atoms with E-state index < -0.39 is 0 Å². The topological polar surface area (TPSA) is 24.9 Å². The highest BCUT2D eigenvalue weighted by Gasteiger charge is 2.09. The van der Waals surface area contributed by atoms with E-state index in [-0.39, 0.29) is 0 Å². The van der Waals surface area contributed by atoms with Gasteiger partial charge in [0.15, 0.2) is 0 Å². The first-order chi connectivity index (χ1) is 8.97. The van der Waals surface area contributed by atoms with Gasteiger partial charge < -0.3 is 5.32 Å². The zero-order valence-corrected chi connectivity index (χ0v) is 15.6. The molecule has 1 aromatic heterocycles. The molecular formula is C12H7Br3Cl2N2. The molecule has 0 saturated heterocycles. The monoisotopic (exact) mass is 486 g/mol. The van der Waals surface area contributed by atoms with E-state index in [9.17, 15) is 0 Å². The van der Waals surface area contributed by atoms with Crippen molar-refractivity contribution in [3.8, 4) is 0 Å². The van der Waals surface area contributed by atoms with Crippen LogP contribution >= 0.6 is 71.0 Å². The third kappa shape index (κ3) is 4.08. The molecule has 0 saturated carbocycles. The summed E-state index contributed by atoms with van der Waals surface area (Å²) < 4.78 is 2.68. The summed E-state index contributed by atoms with van der Waals surface area (Å²) in [7, 11) is 0. The molecule has 0 unspecified atom stereocenters. The molecule has 0 aliphatic rings. The maximum Gasteiger partial charge on any atom is 0.0737 e. The predicted octanol–water partition coefficient (Wildman–Crippen LogP) is 6.29. The molecule has 0 radical (unpaired) electrons. The molecule has 0 aliphatic carbocycles. The van der Waals surface area contributed by atoms with Gasteiger partial charge >= 0.3 is 0 Å². The fourth-order valence-electron chi connectivity index (χ4n) is 1.46. The van der Waals surface area contributed by atoms with Crippen LogP contribution in [0.1, 0.15) is 5.69 Å². The largest absolute Gasteiger partial charge is 0.377 e. The number of rotatable bonds is 3. The van der Waals surface area contributed by atoms with Gasteiger partial charge in [-0.15, -0.1) is 0 Å². The third-order valence-corrected chi connectivity index (χ3v) is 4.50. The van der Waals surface area contributed by atoms with E-state index in [1.54, 1.807) is 18.3 Å². The number of halogens is 5. The van der Waals surface area contributed by atoms with E-state index in [1.165, 1.54) is 0 Å².